The standard InChI is InChI=1S/C27H33F3N4O6S/c1-18(2)20-5-3-19(4-6-20)15-32-26(38)23-17-33(24(35)16-31-12-11-25(36)37)13-14-34(23)41(39,40)22-9-7-21(8-10-22)27(28,29)30/h3-10,18,23,31H,11-17H2,1-2H3,(H,32,38)(H,36,37). The topological polar surface area (TPSA) is 136 Å². The average Bonchev–Trinajstić information content (AvgIpc) is 2.93. The molecule has 2 aromatic carbocycles. The van der Waals surface area contributed by atoms with Gasteiger partial charge in [0.05, 0.1) is 23.4 Å². The summed E-state index contributed by atoms with van der Waals surface area (Å²) >= 11 is 0. The molecular weight excluding hydrogens is 565 g/mol. The molecule has 1 saturated heterocycles. The number of carboxylic acid groups (broad SMARTS) is 1. The quantitative estimate of drug-likeness (QED) is 0.338. The molecule has 0 spiro atoms. The van der Waals surface area contributed by atoms with E-state index in [1.165, 1.54) is 4.90 Å². The first-order valence-electron chi connectivity index (χ1n) is 13.0. The van der Waals surface area contributed by atoms with Crippen LogP contribution in [0.5, 0.6) is 0 Å². The molecule has 1 unspecified atom stereocenters. The molecule has 1 heterocycles. The number of halogens is 3. The molecule has 0 radical (unpaired) electrons. The fourth-order valence-corrected chi connectivity index (χ4v) is 5.85. The molecule has 0 saturated carbocycles. The first-order chi connectivity index (χ1) is 19.2. The molecule has 0 aliphatic carbocycles. The van der Waals surface area contributed by atoms with Gasteiger partial charge in [0.15, 0.2) is 0 Å². The second kappa shape index (κ2) is 13.4. The highest BCUT2D eigenvalue weighted by Crippen LogP contribution is 2.31. The van der Waals surface area contributed by atoms with E-state index in [4.69, 9.17) is 5.11 Å². The number of nitrogens with zero attached hydrogens (tertiary/aromatic N) is 2. The third-order valence-electron chi connectivity index (χ3n) is 6.68. The van der Waals surface area contributed by atoms with Gasteiger partial charge in [-0.25, -0.2) is 8.42 Å². The average molecular weight is 599 g/mol. The first kappa shape index (κ1) is 32.0. The highest BCUT2D eigenvalue weighted by molar-refractivity contribution is 7.89. The maximum atomic E-state index is 13.5. The molecule has 1 fully saturated rings. The van der Waals surface area contributed by atoms with E-state index in [0.29, 0.717) is 18.1 Å². The van der Waals surface area contributed by atoms with E-state index in [0.717, 1.165) is 27.6 Å². The molecule has 0 aromatic heterocycles. The summed E-state index contributed by atoms with van der Waals surface area (Å²) in [6, 6.07) is 9.17. The van der Waals surface area contributed by atoms with Crippen molar-refractivity contribution in [2.24, 2.45) is 0 Å². The minimum atomic E-state index is -4.65. The van der Waals surface area contributed by atoms with Crippen LogP contribution in [0.15, 0.2) is 53.4 Å². The Balaban J connectivity index is 1.80. The number of rotatable bonds is 11. The lowest BCUT2D eigenvalue weighted by Crippen LogP contribution is -2.62. The number of amides is 2. The van der Waals surface area contributed by atoms with E-state index < -0.39 is 50.5 Å². The zero-order chi connectivity index (χ0) is 30.4. The van der Waals surface area contributed by atoms with Gasteiger partial charge in [0.2, 0.25) is 21.8 Å². The van der Waals surface area contributed by atoms with Crippen molar-refractivity contribution in [1.82, 2.24) is 19.8 Å². The highest BCUT2D eigenvalue weighted by atomic mass is 32.2. The van der Waals surface area contributed by atoms with Gasteiger partial charge in [-0.05, 0) is 41.3 Å². The van der Waals surface area contributed by atoms with Crippen molar-refractivity contribution in [3.63, 3.8) is 0 Å². The largest absolute Gasteiger partial charge is 0.481 e. The van der Waals surface area contributed by atoms with Crippen LogP contribution in [-0.2, 0) is 37.1 Å². The Kier molecular flexibility index (Phi) is 10.5. The number of nitrogens with one attached hydrogen (secondary N) is 2. The van der Waals surface area contributed by atoms with Crippen LogP contribution in [0.3, 0.4) is 0 Å². The monoisotopic (exact) mass is 598 g/mol. The molecule has 14 heteroatoms. The predicted octanol–water partition coefficient (Wildman–Crippen LogP) is 2.41. The van der Waals surface area contributed by atoms with E-state index in [-0.39, 0.29) is 45.7 Å². The van der Waals surface area contributed by atoms with E-state index in [2.05, 4.69) is 10.6 Å². The molecule has 1 aliphatic rings. The fraction of sp³-hybridized carbons (Fsp3) is 0.444. The number of carbonyl (C=O) groups is 3. The van der Waals surface area contributed by atoms with Gasteiger partial charge in [-0.2, -0.15) is 17.5 Å². The molecule has 41 heavy (non-hydrogen) atoms. The summed E-state index contributed by atoms with van der Waals surface area (Å²) in [5.41, 5.74) is 0.860. The van der Waals surface area contributed by atoms with Crippen LogP contribution in [0.1, 0.15) is 42.9 Å². The maximum Gasteiger partial charge on any atom is 0.416 e. The third kappa shape index (κ3) is 8.50. The number of hydrogen-bond acceptors (Lipinski definition) is 6. The van der Waals surface area contributed by atoms with Gasteiger partial charge in [-0.15, -0.1) is 0 Å². The van der Waals surface area contributed by atoms with Crippen LogP contribution < -0.4 is 10.6 Å². The van der Waals surface area contributed by atoms with E-state index >= 15 is 0 Å². The molecule has 10 nitrogen and oxygen atoms in total. The Labute approximate surface area is 236 Å². The summed E-state index contributed by atoms with van der Waals surface area (Å²) in [6.07, 6.45) is -4.85. The van der Waals surface area contributed by atoms with Crippen LogP contribution >= 0.6 is 0 Å². The van der Waals surface area contributed by atoms with Crippen molar-refractivity contribution in [2.75, 3.05) is 32.7 Å². The second-order valence-corrected chi connectivity index (χ2v) is 11.8. The third-order valence-corrected chi connectivity index (χ3v) is 8.60. The fourth-order valence-electron chi connectivity index (χ4n) is 4.28. The van der Waals surface area contributed by atoms with Gasteiger partial charge in [0.25, 0.3) is 0 Å². The molecule has 1 aliphatic heterocycles. The lowest BCUT2D eigenvalue weighted by Gasteiger charge is -2.39. The molecule has 1 atom stereocenters. The summed E-state index contributed by atoms with van der Waals surface area (Å²) in [7, 11) is -4.41. The number of carbonyl (C=O) groups excluding carboxylic acids is 2. The molecule has 0 bridgehead atoms. The van der Waals surface area contributed by atoms with Crippen LogP contribution in [0.2, 0.25) is 0 Å². The first-order valence-corrected chi connectivity index (χ1v) is 14.4. The number of piperazine rings is 1. The summed E-state index contributed by atoms with van der Waals surface area (Å²) in [5.74, 6) is -1.86. The van der Waals surface area contributed by atoms with Crippen molar-refractivity contribution in [3.8, 4) is 0 Å². The summed E-state index contributed by atoms with van der Waals surface area (Å²) < 4.78 is 66.9. The molecule has 224 valence electrons. The van der Waals surface area contributed by atoms with Crippen molar-refractivity contribution in [2.45, 2.75) is 49.8 Å². The Morgan fingerprint density at radius 1 is 1.02 bits per heavy atom. The molecular formula is C27H33F3N4O6S. The van der Waals surface area contributed by atoms with Gasteiger partial charge < -0.3 is 20.6 Å². The summed E-state index contributed by atoms with van der Waals surface area (Å²) in [4.78, 5) is 37.7. The normalized spacial score (nSPS) is 16.5. The van der Waals surface area contributed by atoms with Gasteiger partial charge in [-0.1, -0.05) is 38.1 Å². The Hall–Kier alpha value is -3.49. The van der Waals surface area contributed by atoms with Gasteiger partial charge >= 0.3 is 12.1 Å². The van der Waals surface area contributed by atoms with E-state index in [1.807, 2.05) is 38.1 Å². The number of sulfonamides is 1. The smallest absolute Gasteiger partial charge is 0.416 e. The lowest BCUT2D eigenvalue weighted by atomic mass is 10.0. The minimum Gasteiger partial charge on any atom is -0.481 e. The van der Waals surface area contributed by atoms with Crippen LogP contribution in [0.25, 0.3) is 0 Å². The maximum absolute atomic E-state index is 13.5. The van der Waals surface area contributed by atoms with Crippen molar-refractivity contribution >= 4 is 27.8 Å². The van der Waals surface area contributed by atoms with E-state index in [1.54, 1.807) is 0 Å². The van der Waals surface area contributed by atoms with Crippen LogP contribution in [0, 0.1) is 0 Å². The molecule has 3 rings (SSSR count). The van der Waals surface area contributed by atoms with Gasteiger partial charge in [-0.3, -0.25) is 14.4 Å². The second-order valence-electron chi connectivity index (χ2n) is 9.93. The number of benzene rings is 2. The molecule has 2 aromatic rings. The number of alkyl halides is 3. The Morgan fingerprint density at radius 2 is 1.66 bits per heavy atom. The van der Waals surface area contributed by atoms with Crippen molar-refractivity contribution in [1.29, 1.82) is 0 Å². The zero-order valence-corrected chi connectivity index (χ0v) is 23.5. The number of aliphatic carboxylic acids is 1. The van der Waals surface area contributed by atoms with E-state index in [9.17, 15) is 36.0 Å². The van der Waals surface area contributed by atoms with Gasteiger partial charge in [0.1, 0.15) is 6.04 Å². The summed E-state index contributed by atoms with van der Waals surface area (Å²) in [5, 5.41) is 14.2. The van der Waals surface area contributed by atoms with Crippen molar-refractivity contribution < 1.29 is 41.1 Å². The highest BCUT2D eigenvalue weighted by Gasteiger charge is 2.41. The lowest BCUT2D eigenvalue weighted by molar-refractivity contribution is -0.138. The zero-order valence-electron chi connectivity index (χ0n) is 22.6. The van der Waals surface area contributed by atoms with Crippen LogP contribution in [0.4, 0.5) is 13.2 Å². The molecule has 3 N–H and O–H groups in total. The predicted molar refractivity (Wildman–Crippen MR) is 143 cm³/mol. The Bertz CT molecular complexity index is 1330. The minimum absolute atomic E-state index is 0.0445. The van der Waals surface area contributed by atoms with Crippen LogP contribution in [-0.4, -0.2) is 79.3 Å². The summed E-state index contributed by atoms with van der Waals surface area (Å²) in [6.45, 7) is 3.37. The number of hydrogen-bond donors (Lipinski definition) is 3. The number of carboxylic acids is 1. The Morgan fingerprint density at radius 3 is 2.22 bits per heavy atom. The van der Waals surface area contributed by atoms with Crippen molar-refractivity contribution in [3.05, 3.63) is 65.2 Å². The molecule has 2 amide bonds. The SMILES string of the molecule is CC(C)c1ccc(CNC(=O)C2CN(C(=O)CNCCC(=O)O)CCN2S(=O)(=O)c2ccc(C(F)(F)F)cc2)cc1. The van der Waals surface area contributed by atoms with Gasteiger partial charge in [0, 0.05) is 32.7 Å².